The molecule has 116 valence electrons. The molecule has 1 aliphatic rings. The number of likely N-dealkylation sites (N-methyl/N-ethyl adjacent to an activating group) is 1. The molecule has 0 spiro atoms. The highest BCUT2D eigenvalue weighted by Gasteiger charge is 2.21. The van der Waals surface area contributed by atoms with Crippen LogP contribution in [0.25, 0.3) is 0 Å². The van der Waals surface area contributed by atoms with E-state index >= 15 is 0 Å². The third-order valence-corrected chi connectivity index (χ3v) is 3.98. The zero-order chi connectivity index (χ0) is 15.6. The number of amides is 1. The van der Waals surface area contributed by atoms with Crippen LogP contribution in [0.4, 0.5) is 11.4 Å². The van der Waals surface area contributed by atoms with Gasteiger partial charge in [0.1, 0.15) is 0 Å². The Morgan fingerprint density at radius 2 is 1.76 bits per heavy atom. The van der Waals surface area contributed by atoms with Crippen molar-refractivity contribution >= 4 is 17.3 Å². The van der Waals surface area contributed by atoms with Crippen LogP contribution >= 0.6 is 0 Å². The Hall–Kier alpha value is -1.55. The summed E-state index contributed by atoms with van der Waals surface area (Å²) in [6.45, 7) is 12.2. The molecule has 0 unspecified atom stereocenters. The van der Waals surface area contributed by atoms with Crippen molar-refractivity contribution in [3.05, 3.63) is 23.8 Å². The number of nitrogens with one attached hydrogen (secondary N) is 1. The number of anilines is 2. The molecular weight excluding hydrogens is 262 g/mol. The van der Waals surface area contributed by atoms with Crippen LogP contribution in [0.1, 0.15) is 26.3 Å². The Bertz CT molecular complexity index is 511. The van der Waals surface area contributed by atoms with Crippen molar-refractivity contribution in [3.8, 4) is 0 Å². The first-order chi connectivity index (χ1) is 9.77. The highest BCUT2D eigenvalue weighted by atomic mass is 16.2. The van der Waals surface area contributed by atoms with Gasteiger partial charge in [0.2, 0.25) is 5.91 Å². The Balaban J connectivity index is 2.09. The quantitative estimate of drug-likeness (QED) is 0.909. The van der Waals surface area contributed by atoms with E-state index in [1.807, 2.05) is 26.8 Å². The van der Waals surface area contributed by atoms with E-state index in [0.717, 1.165) is 31.9 Å². The van der Waals surface area contributed by atoms with Gasteiger partial charge >= 0.3 is 0 Å². The second-order valence-corrected chi connectivity index (χ2v) is 7.00. The molecule has 4 heteroatoms. The molecule has 1 aromatic rings. The van der Waals surface area contributed by atoms with Crippen molar-refractivity contribution in [2.75, 3.05) is 43.4 Å². The summed E-state index contributed by atoms with van der Waals surface area (Å²) in [4.78, 5) is 16.8. The van der Waals surface area contributed by atoms with Gasteiger partial charge in [0.15, 0.2) is 0 Å². The summed E-state index contributed by atoms with van der Waals surface area (Å²) in [7, 11) is 2.16. The number of carbonyl (C=O) groups is 1. The first kappa shape index (κ1) is 15.8. The summed E-state index contributed by atoms with van der Waals surface area (Å²) in [6, 6.07) is 6.19. The van der Waals surface area contributed by atoms with Crippen LogP contribution in [0.5, 0.6) is 0 Å². The van der Waals surface area contributed by atoms with Gasteiger partial charge in [-0.05, 0) is 37.7 Å². The minimum Gasteiger partial charge on any atom is -0.369 e. The normalized spacial score (nSPS) is 16.9. The molecule has 0 atom stereocenters. The largest absolute Gasteiger partial charge is 0.369 e. The number of nitrogens with zero attached hydrogens (tertiary/aromatic N) is 2. The SMILES string of the molecule is Cc1cc(NC(=O)C(C)(C)C)ccc1N1CCN(C)CC1. The molecule has 1 fully saturated rings. The summed E-state index contributed by atoms with van der Waals surface area (Å²) >= 11 is 0. The molecule has 0 aliphatic carbocycles. The van der Waals surface area contributed by atoms with Crippen LogP contribution in [-0.2, 0) is 4.79 Å². The van der Waals surface area contributed by atoms with Gasteiger partial charge < -0.3 is 15.1 Å². The Kier molecular flexibility index (Phi) is 4.57. The topological polar surface area (TPSA) is 35.6 Å². The van der Waals surface area contributed by atoms with Crippen molar-refractivity contribution in [1.29, 1.82) is 0 Å². The highest BCUT2D eigenvalue weighted by Crippen LogP contribution is 2.25. The summed E-state index contributed by atoms with van der Waals surface area (Å²) in [6.07, 6.45) is 0. The lowest BCUT2D eigenvalue weighted by molar-refractivity contribution is -0.123. The second kappa shape index (κ2) is 6.06. The van der Waals surface area contributed by atoms with E-state index in [4.69, 9.17) is 0 Å². The van der Waals surface area contributed by atoms with Gasteiger partial charge in [0, 0.05) is 43.0 Å². The van der Waals surface area contributed by atoms with Crippen molar-refractivity contribution in [2.45, 2.75) is 27.7 Å². The fourth-order valence-electron chi connectivity index (χ4n) is 2.45. The molecule has 21 heavy (non-hydrogen) atoms. The summed E-state index contributed by atoms with van der Waals surface area (Å²) in [5.41, 5.74) is 3.00. The van der Waals surface area contributed by atoms with E-state index in [0.29, 0.717) is 0 Å². The number of hydrogen-bond acceptors (Lipinski definition) is 3. The van der Waals surface area contributed by atoms with Gasteiger partial charge in [-0.3, -0.25) is 4.79 Å². The molecular formula is C17H27N3O. The molecule has 0 aromatic heterocycles. The van der Waals surface area contributed by atoms with Crippen LogP contribution in [0.15, 0.2) is 18.2 Å². The lowest BCUT2D eigenvalue weighted by Crippen LogP contribution is -2.44. The van der Waals surface area contributed by atoms with Crippen LogP contribution in [0, 0.1) is 12.3 Å². The van der Waals surface area contributed by atoms with Gasteiger partial charge in [-0.15, -0.1) is 0 Å². The summed E-state index contributed by atoms with van der Waals surface area (Å²) in [5.74, 6) is 0.0502. The monoisotopic (exact) mass is 289 g/mol. The molecule has 1 N–H and O–H groups in total. The number of hydrogen-bond donors (Lipinski definition) is 1. The number of benzene rings is 1. The zero-order valence-corrected chi connectivity index (χ0v) is 13.9. The standard InChI is InChI=1S/C17H27N3O/c1-13-12-14(18-16(21)17(2,3)4)6-7-15(13)20-10-8-19(5)9-11-20/h6-7,12H,8-11H2,1-5H3,(H,18,21). The average molecular weight is 289 g/mol. The predicted octanol–water partition coefficient (Wildman–Crippen LogP) is 2.73. The van der Waals surface area contributed by atoms with Crippen molar-refractivity contribution in [1.82, 2.24) is 4.90 Å². The maximum absolute atomic E-state index is 12.0. The fraction of sp³-hybridized carbons (Fsp3) is 0.588. The smallest absolute Gasteiger partial charge is 0.229 e. The number of carbonyl (C=O) groups excluding carboxylic acids is 1. The second-order valence-electron chi connectivity index (χ2n) is 7.00. The maximum atomic E-state index is 12.0. The van der Waals surface area contributed by atoms with E-state index in [1.165, 1.54) is 11.3 Å². The molecule has 4 nitrogen and oxygen atoms in total. The third-order valence-electron chi connectivity index (χ3n) is 3.98. The van der Waals surface area contributed by atoms with Gasteiger partial charge in [-0.25, -0.2) is 0 Å². The minimum absolute atomic E-state index is 0.0502. The lowest BCUT2D eigenvalue weighted by atomic mass is 9.95. The average Bonchev–Trinajstić information content (AvgIpc) is 2.39. The molecule has 1 amide bonds. The molecule has 0 saturated carbocycles. The highest BCUT2D eigenvalue weighted by molar-refractivity contribution is 5.94. The van der Waals surface area contributed by atoms with E-state index < -0.39 is 0 Å². The van der Waals surface area contributed by atoms with Crippen molar-refractivity contribution in [2.24, 2.45) is 5.41 Å². The van der Waals surface area contributed by atoms with Gasteiger partial charge in [-0.1, -0.05) is 20.8 Å². The van der Waals surface area contributed by atoms with Crippen LogP contribution in [0.3, 0.4) is 0 Å². The Labute approximate surface area is 128 Å². The first-order valence-electron chi connectivity index (χ1n) is 7.63. The van der Waals surface area contributed by atoms with Crippen LogP contribution in [-0.4, -0.2) is 44.0 Å². The first-order valence-corrected chi connectivity index (χ1v) is 7.63. The molecule has 1 saturated heterocycles. The maximum Gasteiger partial charge on any atom is 0.229 e. The van der Waals surface area contributed by atoms with Gasteiger partial charge in [-0.2, -0.15) is 0 Å². The van der Waals surface area contributed by atoms with Crippen LogP contribution in [0.2, 0.25) is 0 Å². The fourth-order valence-corrected chi connectivity index (χ4v) is 2.45. The third kappa shape index (κ3) is 3.97. The molecule has 0 bridgehead atoms. The summed E-state index contributed by atoms with van der Waals surface area (Å²) < 4.78 is 0. The Morgan fingerprint density at radius 3 is 2.29 bits per heavy atom. The lowest BCUT2D eigenvalue weighted by Gasteiger charge is -2.35. The number of piperazine rings is 1. The molecule has 2 rings (SSSR count). The van der Waals surface area contributed by atoms with Crippen LogP contribution < -0.4 is 10.2 Å². The van der Waals surface area contributed by atoms with E-state index in [1.54, 1.807) is 0 Å². The molecule has 0 radical (unpaired) electrons. The zero-order valence-electron chi connectivity index (χ0n) is 13.9. The number of rotatable bonds is 2. The van der Waals surface area contributed by atoms with Gasteiger partial charge in [0.05, 0.1) is 0 Å². The summed E-state index contributed by atoms with van der Waals surface area (Å²) in [5, 5.41) is 2.99. The van der Waals surface area contributed by atoms with Crippen molar-refractivity contribution < 1.29 is 4.79 Å². The molecule has 1 aromatic carbocycles. The number of aryl methyl sites for hydroxylation is 1. The van der Waals surface area contributed by atoms with Gasteiger partial charge in [0.25, 0.3) is 0 Å². The minimum atomic E-state index is -0.371. The van der Waals surface area contributed by atoms with E-state index in [-0.39, 0.29) is 11.3 Å². The van der Waals surface area contributed by atoms with E-state index in [2.05, 4.69) is 41.2 Å². The molecule has 1 heterocycles. The predicted molar refractivity (Wildman–Crippen MR) is 89.0 cm³/mol. The Morgan fingerprint density at radius 1 is 1.14 bits per heavy atom. The molecule has 1 aliphatic heterocycles. The van der Waals surface area contributed by atoms with E-state index in [9.17, 15) is 4.79 Å². The van der Waals surface area contributed by atoms with Crippen molar-refractivity contribution in [3.63, 3.8) is 0 Å².